The van der Waals surface area contributed by atoms with E-state index in [0.29, 0.717) is 17.4 Å². The molecule has 2 nitrogen and oxygen atoms in total. The molecule has 2 atom stereocenters. The summed E-state index contributed by atoms with van der Waals surface area (Å²) in [6.45, 7) is 4.22. The highest BCUT2D eigenvalue weighted by Gasteiger charge is 2.10. The van der Waals surface area contributed by atoms with Crippen molar-refractivity contribution in [3.63, 3.8) is 0 Å². The molecule has 0 saturated carbocycles. The van der Waals surface area contributed by atoms with Crippen molar-refractivity contribution in [2.24, 2.45) is 5.92 Å². The number of anilines is 1. The molecule has 0 aliphatic heterocycles. The normalized spacial score (nSPS) is 15.0. The molecule has 1 aromatic rings. The lowest BCUT2D eigenvalue weighted by Crippen LogP contribution is -2.08. The molecule has 0 spiro atoms. The van der Waals surface area contributed by atoms with Gasteiger partial charge in [0.2, 0.25) is 0 Å². The third-order valence-corrected chi connectivity index (χ3v) is 4.03. The molecule has 0 fully saturated rings. The van der Waals surface area contributed by atoms with Gasteiger partial charge in [0.1, 0.15) is 0 Å². The first-order valence-corrected chi connectivity index (χ1v) is 6.20. The van der Waals surface area contributed by atoms with Gasteiger partial charge in [-0.3, -0.25) is 4.21 Å². The van der Waals surface area contributed by atoms with Crippen molar-refractivity contribution in [3.05, 3.63) is 24.3 Å². The number of nitrogen functional groups attached to an aromatic ring is 1. The molecule has 14 heavy (non-hydrogen) atoms. The maximum Gasteiger partial charge on any atom is 0.0617 e. The Hall–Kier alpha value is -0.830. The highest BCUT2D eigenvalue weighted by molar-refractivity contribution is 7.85. The van der Waals surface area contributed by atoms with Gasteiger partial charge in [-0.25, -0.2) is 0 Å². The smallest absolute Gasteiger partial charge is 0.0617 e. The van der Waals surface area contributed by atoms with Gasteiger partial charge in [-0.2, -0.15) is 0 Å². The Morgan fingerprint density at radius 1 is 1.43 bits per heavy atom. The summed E-state index contributed by atoms with van der Waals surface area (Å²) >= 11 is 0. The molecule has 2 unspecified atom stereocenters. The van der Waals surface area contributed by atoms with Crippen molar-refractivity contribution in [1.29, 1.82) is 0 Å². The lowest BCUT2D eigenvalue weighted by Gasteiger charge is -2.09. The van der Waals surface area contributed by atoms with Crippen LogP contribution in [-0.2, 0) is 10.8 Å². The first-order valence-electron chi connectivity index (χ1n) is 4.88. The monoisotopic (exact) mass is 211 g/mol. The maximum absolute atomic E-state index is 11.9. The van der Waals surface area contributed by atoms with Crippen LogP contribution in [-0.4, -0.2) is 9.96 Å². The molecule has 1 aromatic carbocycles. The highest BCUT2D eigenvalue weighted by atomic mass is 32.2. The van der Waals surface area contributed by atoms with E-state index in [0.717, 1.165) is 11.3 Å². The third-order valence-electron chi connectivity index (χ3n) is 2.30. The molecule has 3 heteroatoms. The molecule has 0 bridgehead atoms. The molecular weight excluding hydrogens is 194 g/mol. The van der Waals surface area contributed by atoms with Crippen LogP contribution in [0, 0.1) is 5.92 Å². The molecule has 0 aromatic heterocycles. The molecule has 1 rings (SSSR count). The van der Waals surface area contributed by atoms with Crippen LogP contribution >= 0.6 is 0 Å². The largest absolute Gasteiger partial charge is 0.398 e. The zero-order valence-electron chi connectivity index (χ0n) is 8.69. The van der Waals surface area contributed by atoms with E-state index in [2.05, 4.69) is 13.8 Å². The second-order valence-corrected chi connectivity index (χ2v) is 5.03. The maximum atomic E-state index is 11.9. The molecule has 0 saturated heterocycles. The van der Waals surface area contributed by atoms with Crippen LogP contribution in [0.4, 0.5) is 5.69 Å². The quantitative estimate of drug-likeness (QED) is 0.777. The summed E-state index contributed by atoms with van der Waals surface area (Å²) in [7, 11) is -0.950. The van der Waals surface area contributed by atoms with Crippen molar-refractivity contribution < 1.29 is 4.21 Å². The third kappa shape index (κ3) is 2.84. The van der Waals surface area contributed by atoms with Gasteiger partial charge in [0.15, 0.2) is 0 Å². The minimum absolute atomic E-state index is 0.482. The van der Waals surface area contributed by atoms with Crippen LogP contribution in [0.2, 0.25) is 0 Å². The van der Waals surface area contributed by atoms with Crippen LogP contribution in [0.1, 0.15) is 20.3 Å². The van der Waals surface area contributed by atoms with Crippen LogP contribution in [0.25, 0.3) is 0 Å². The first-order chi connectivity index (χ1) is 6.65. The lowest BCUT2D eigenvalue weighted by atomic mass is 10.2. The fourth-order valence-corrected chi connectivity index (χ4v) is 2.65. The van der Waals surface area contributed by atoms with E-state index in [9.17, 15) is 4.21 Å². The van der Waals surface area contributed by atoms with E-state index in [4.69, 9.17) is 5.73 Å². The van der Waals surface area contributed by atoms with Gasteiger partial charge in [0.25, 0.3) is 0 Å². The molecule has 0 radical (unpaired) electrons. The van der Waals surface area contributed by atoms with E-state index in [1.165, 1.54) is 0 Å². The Morgan fingerprint density at radius 3 is 2.64 bits per heavy atom. The van der Waals surface area contributed by atoms with Crippen molar-refractivity contribution in [2.75, 3.05) is 11.5 Å². The molecule has 0 heterocycles. The molecule has 0 aliphatic rings. The topological polar surface area (TPSA) is 43.1 Å². The first kappa shape index (κ1) is 11.2. The van der Waals surface area contributed by atoms with Crippen LogP contribution < -0.4 is 5.73 Å². The Bertz CT molecular complexity index is 325. The molecule has 2 N–H and O–H groups in total. The average Bonchev–Trinajstić information content (AvgIpc) is 2.18. The lowest BCUT2D eigenvalue weighted by molar-refractivity contribution is 0.616. The van der Waals surface area contributed by atoms with Gasteiger partial charge >= 0.3 is 0 Å². The van der Waals surface area contributed by atoms with E-state index in [1.54, 1.807) is 6.07 Å². The fraction of sp³-hybridized carbons (Fsp3) is 0.455. The second-order valence-electron chi connectivity index (χ2n) is 3.56. The van der Waals surface area contributed by atoms with Gasteiger partial charge in [0, 0.05) is 11.4 Å². The fourth-order valence-electron chi connectivity index (χ4n) is 1.15. The van der Waals surface area contributed by atoms with Gasteiger partial charge in [0.05, 0.1) is 15.7 Å². The minimum Gasteiger partial charge on any atom is -0.398 e. The van der Waals surface area contributed by atoms with Gasteiger partial charge in [-0.1, -0.05) is 32.4 Å². The molecule has 78 valence electrons. The average molecular weight is 211 g/mol. The number of para-hydroxylation sites is 1. The summed E-state index contributed by atoms with van der Waals surface area (Å²) < 4.78 is 11.9. The van der Waals surface area contributed by atoms with E-state index < -0.39 is 10.8 Å². The molecular formula is C11H17NOS. The Labute approximate surface area is 88.0 Å². The highest BCUT2D eigenvalue weighted by Crippen LogP contribution is 2.17. The minimum atomic E-state index is -0.950. The second kappa shape index (κ2) is 5.15. The number of nitrogens with two attached hydrogens (primary N) is 1. The molecule has 0 aliphatic carbocycles. The van der Waals surface area contributed by atoms with Gasteiger partial charge < -0.3 is 5.73 Å². The van der Waals surface area contributed by atoms with Crippen molar-refractivity contribution in [2.45, 2.75) is 25.2 Å². The zero-order valence-corrected chi connectivity index (χ0v) is 9.51. The van der Waals surface area contributed by atoms with E-state index in [-0.39, 0.29) is 0 Å². The summed E-state index contributed by atoms with van der Waals surface area (Å²) in [6.07, 6.45) is 1.05. The van der Waals surface area contributed by atoms with E-state index >= 15 is 0 Å². The summed E-state index contributed by atoms with van der Waals surface area (Å²) in [6, 6.07) is 7.37. The van der Waals surface area contributed by atoms with E-state index in [1.807, 2.05) is 18.2 Å². The Kier molecular flexibility index (Phi) is 4.14. The number of hydrogen-bond donors (Lipinski definition) is 1. The summed E-state index contributed by atoms with van der Waals surface area (Å²) in [5.74, 6) is 1.18. The van der Waals surface area contributed by atoms with Crippen LogP contribution in [0.15, 0.2) is 29.2 Å². The van der Waals surface area contributed by atoms with Crippen molar-refractivity contribution in [1.82, 2.24) is 0 Å². The zero-order chi connectivity index (χ0) is 10.6. The summed E-state index contributed by atoms with van der Waals surface area (Å²) in [5, 5.41) is 0. The SMILES string of the molecule is CCC(C)CS(=O)c1ccccc1N. The molecule has 0 amide bonds. The Balaban J connectivity index is 2.75. The predicted molar refractivity (Wildman–Crippen MR) is 61.6 cm³/mol. The van der Waals surface area contributed by atoms with Crippen LogP contribution in [0.3, 0.4) is 0 Å². The van der Waals surface area contributed by atoms with Crippen molar-refractivity contribution in [3.8, 4) is 0 Å². The Morgan fingerprint density at radius 2 is 2.07 bits per heavy atom. The number of rotatable bonds is 4. The summed E-state index contributed by atoms with van der Waals surface area (Å²) in [5.41, 5.74) is 6.38. The predicted octanol–water partition coefficient (Wildman–Crippen LogP) is 2.42. The standard InChI is InChI=1S/C11H17NOS/c1-3-9(2)8-14(13)11-7-5-4-6-10(11)12/h4-7,9H,3,8,12H2,1-2H3. The van der Waals surface area contributed by atoms with Crippen molar-refractivity contribution >= 4 is 16.5 Å². The van der Waals surface area contributed by atoms with Crippen LogP contribution in [0.5, 0.6) is 0 Å². The van der Waals surface area contributed by atoms with Gasteiger partial charge in [-0.05, 0) is 18.1 Å². The summed E-state index contributed by atoms with van der Waals surface area (Å²) in [4.78, 5) is 0.771. The van der Waals surface area contributed by atoms with Gasteiger partial charge in [-0.15, -0.1) is 0 Å². The number of benzene rings is 1. The number of hydrogen-bond acceptors (Lipinski definition) is 2.